The molecule has 5 nitrogen and oxygen atoms in total. The molecule has 1 atom stereocenters. The van der Waals surface area contributed by atoms with E-state index in [1.165, 1.54) is 19.3 Å². The van der Waals surface area contributed by atoms with Crippen LogP contribution in [0.5, 0.6) is 0 Å². The summed E-state index contributed by atoms with van der Waals surface area (Å²) in [5.74, 6) is 2.32. The fourth-order valence-electron chi connectivity index (χ4n) is 6.18. The highest BCUT2D eigenvalue weighted by atomic mass is 32.2. The molecule has 0 spiro atoms. The lowest BCUT2D eigenvalue weighted by Crippen LogP contribution is -2.53. The normalized spacial score (nSPS) is 43.2. The highest BCUT2D eigenvalue weighted by Crippen LogP contribution is 2.60. The molecule has 4 saturated carbocycles. The molecular weight excluding hydrogens is 312 g/mol. The van der Waals surface area contributed by atoms with E-state index >= 15 is 0 Å². The molecule has 0 radical (unpaired) electrons. The minimum atomic E-state index is -3.40. The van der Waals surface area contributed by atoms with Crippen LogP contribution in [-0.2, 0) is 14.8 Å². The predicted molar refractivity (Wildman–Crippen MR) is 88.2 cm³/mol. The second-order valence-corrected chi connectivity index (χ2v) is 10.4. The maximum Gasteiger partial charge on any atom is 0.238 e. The van der Waals surface area contributed by atoms with Crippen molar-refractivity contribution in [2.75, 3.05) is 12.3 Å². The summed E-state index contributed by atoms with van der Waals surface area (Å²) in [4.78, 5) is 12.0. The van der Waals surface area contributed by atoms with Crippen LogP contribution >= 0.6 is 0 Å². The van der Waals surface area contributed by atoms with E-state index in [9.17, 15) is 13.2 Å². The molecule has 5 fully saturated rings. The highest BCUT2D eigenvalue weighted by molar-refractivity contribution is 7.89. The molecule has 5 aliphatic rings. The van der Waals surface area contributed by atoms with Gasteiger partial charge in [-0.25, -0.2) is 13.1 Å². The van der Waals surface area contributed by atoms with Gasteiger partial charge in [0.25, 0.3) is 0 Å². The quantitative estimate of drug-likeness (QED) is 0.819. The Hall–Kier alpha value is -0.620. The Morgan fingerprint density at radius 3 is 2.26 bits per heavy atom. The zero-order valence-corrected chi connectivity index (χ0v) is 14.5. The number of rotatable bonds is 4. The molecule has 1 saturated heterocycles. The Bertz CT molecular complexity index is 551. The summed E-state index contributed by atoms with van der Waals surface area (Å²) < 4.78 is 28.2. The monoisotopic (exact) mass is 340 g/mol. The number of carbonyl (C=O) groups excluding carboxylic acids is 1. The fraction of sp³-hybridized carbons (Fsp3) is 0.941. The lowest BCUT2D eigenvalue weighted by molar-refractivity contribution is -0.122. The standard InChI is InChI=1S/C17H28N2O3S/c20-16-15(3-1-2-4-18-16)19-23(21,22)11-17-8-12-5-13(9-17)7-14(6-12)10-17/h12-15,19H,1-11H2,(H,18,20)/t12?,13?,14?,15-,17?/m0/s1. The highest BCUT2D eigenvalue weighted by Gasteiger charge is 2.52. The number of sulfonamides is 1. The third-order valence-electron chi connectivity index (χ3n) is 6.52. The van der Waals surface area contributed by atoms with Crippen molar-refractivity contribution < 1.29 is 13.2 Å². The number of nitrogens with one attached hydrogen (secondary N) is 2. The SMILES string of the molecule is O=C1NCCCC[C@@H]1NS(=O)(=O)CC12CC3CC(CC(C3)C1)C2. The number of hydrogen-bond acceptors (Lipinski definition) is 3. The van der Waals surface area contributed by atoms with Gasteiger partial charge in [-0.3, -0.25) is 4.79 Å². The number of carbonyl (C=O) groups is 1. The van der Waals surface area contributed by atoms with Gasteiger partial charge in [-0.05, 0) is 81.0 Å². The van der Waals surface area contributed by atoms with E-state index in [0.717, 1.165) is 49.9 Å². The topological polar surface area (TPSA) is 75.3 Å². The summed E-state index contributed by atoms with van der Waals surface area (Å²) in [5.41, 5.74) is -0.0121. The molecule has 130 valence electrons. The number of amides is 1. The summed E-state index contributed by atoms with van der Waals surface area (Å²) in [6.45, 7) is 0.659. The van der Waals surface area contributed by atoms with Crippen LogP contribution in [0.2, 0.25) is 0 Å². The van der Waals surface area contributed by atoms with E-state index in [4.69, 9.17) is 0 Å². The van der Waals surface area contributed by atoms with Gasteiger partial charge in [0.05, 0.1) is 5.75 Å². The summed E-state index contributed by atoms with van der Waals surface area (Å²) in [6, 6.07) is -0.573. The van der Waals surface area contributed by atoms with Crippen LogP contribution in [0.15, 0.2) is 0 Å². The lowest BCUT2D eigenvalue weighted by Gasteiger charge is -2.56. The van der Waals surface area contributed by atoms with Crippen molar-refractivity contribution in [1.82, 2.24) is 10.0 Å². The molecule has 23 heavy (non-hydrogen) atoms. The Morgan fingerprint density at radius 2 is 1.65 bits per heavy atom. The van der Waals surface area contributed by atoms with Crippen LogP contribution in [0.1, 0.15) is 57.8 Å². The summed E-state index contributed by atoms with van der Waals surface area (Å²) >= 11 is 0. The Balaban J connectivity index is 1.46. The third kappa shape index (κ3) is 3.29. The molecule has 1 amide bonds. The van der Waals surface area contributed by atoms with Gasteiger partial charge in [-0.2, -0.15) is 0 Å². The second kappa shape index (κ2) is 5.73. The van der Waals surface area contributed by atoms with Crippen LogP contribution in [0.3, 0.4) is 0 Å². The lowest BCUT2D eigenvalue weighted by atomic mass is 9.50. The van der Waals surface area contributed by atoms with Gasteiger partial charge in [0, 0.05) is 6.54 Å². The number of hydrogen-bond donors (Lipinski definition) is 2. The first-order valence-corrected chi connectivity index (χ1v) is 10.9. The predicted octanol–water partition coefficient (Wildman–Crippen LogP) is 1.79. The van der Waals surface area contributed by atoms with Gasteiger partial charge in [0.2, 0.25) is 15.9 Å². The van der Waals surface area contributed by atoms with Crippen molar-refractivity contribution >= 4 is 15.9 Å². The summed E-state index contributed by atoms with van der Waals surface area (Å²) in [6.07, 6.45) is 9.63. The second-order valence-electron chi connectivity index (χ2n) is 8.63. The van der Waals surface area contributed by atoms with Crippen molar-refractivity contribution in [3.63, 3.8) is 0 Å². The first kappa shape index (κ1) is 15.9. The van der Waals surface area contributed by atoms with Gasteiger partial charge >= 0.3 is 0 Å². The fourth-order valence-corrected chi connectivity index (χ4v) is 8.08. The molecule has 0 aromatic heterocycles. The Kier molecular flexibility index (Phi) is 3.95. The van der Waals surface area contributed by atoms with E-state index in [1.54, 1.807) is 0 Å². The van der Waals surface area contributed by atoms with Crippen LogP contribution in [0.4, 0.5) is 0 Å². The van der Waals surface area contributed by atoms with E-state index in [2.05, 4.69) is 10.0 Å². The molecule has 2 N–H and O–H groups in total. The maximum absolute atomic E-state index is 12.8. The molecule has 4 aliphatic carbocycles. The van der Waals surface area contributed by atoms with Crippen molar-refractivity contribution in [3.8, 4) is 0 Å². The molecule has 6 heteroatoms. The summed E-state index contributed by atoms with van der Waals surface area (Å²) in [7, 11) is -3.40. The average Bonchev–Trinajstić information content (AvgIpc) is 2.60. The van der Waals surface area contributed by atoms with Crippen molar-refractivity contribution in [2.45, 2.75) is 63.8 Å². The Labute approximate surface area is 139 Å². The molecular formula is C17H28N2O3S. The van der Waals surface area contributed by atoms with E-state index < -0.39 is 16.1 Å². The summed E-state index contributed by atoms with van der Waals surface area (Å²) in [5, 5.41) is 2.81. The van der Waals surface area contributed by atoms with Crippen molar-refractivity contribution in [1.29, 1.82) is 0 Å². The maximum atomic E-state index is 12.8. The molecule has 0 aromatic rings. The zero-order chi connectivity index (χ0) is 16.1. The molecule has 1 heterocycles. The van der Waals surface area contributed by atoms with Gasteiger partial charge < -0.3 is 5.32 Å². The molecule has 0 unspecified atom stereocenters. The van der Waals surface area contributed by atoms with E-state index in [1.807, 2.05) is 0 Å². The first-order chi connectivity index (χ1) is 10.9. The average molecular weight is 340 g/mol. The first-order valence-electron chi connectivity index (χ1n) is 9.21. The Morgan fingerprint density at radius 1 is 1.04 bits per heavy atom. The minimum absolute atomic E-state index is 0.0121. The van der Waals surface area contributed by atoms with Crippen LogP contribution in [0, 0.1) is 23.2 Å². The van der Waals surface area contributed by atoms with Crippen molar-refractivity contribution in [2.24, 2.45) is 23.2 Å². The van der Waals surface area contributed by atoms with Gasteiger partial charge in [0.15, 0.2) is 0 Å². The minimum Gasteiger partial charge on any atom is -0.355 e. The van der Waals surface area contributed by atoms with Crippen LogP contribution < -0.4 is 10.0 Å². The van der Waals surface area contributed by atoms with Gasteiger partial charge in [-0.1, -0.05) is 0 Å². The van der Waals surface area contributed by atoms with Gasteiger partial charge in [0.1, 0.15) is 6.04 Å². The zero-order valence-electron chi connectivity index (χ0n) is 13.7. The van der Waals surface area contributed by atoms with Crippen molar-refractivity contribution in [3.05, 3.63) is 0 Å². The third-order valence-corrected chi connectivity index (χ3v) is 8.15. The molecule has 4 bridgehead atoms. The molecule has 1 aliphatic heterocycles. The molecule has 5 rings (SSSR count). The smallest absolute Gasteiger partial charge is 0.238 e. The van der Waals surface area contributed by atoms with Crippen LogP contribution in [0.25, 0.3) is 0 Å². The molecule has 0 aromatic carbocycles. The van der Waals surface area contributed by atoms with Crippen LogP contribution in [-0.4, -0.2) is 32.7 Å². The van der Waals surface area contributed by atoms with Gasteiger partial charge in [-0.15, -0.1) is 0 Å². The van der Waals surface area contributed by atoms with E-state index in [-0.39, 0.29) is 17.1 Å². The largest absolute Gasteiger partial charge is 0.355 e. The van der Waals surface area contributed by atoms with E-state index in [0.29, 0.717) is 13.0 Å².